The van der Waals surface area contributed by atoms with Gasteiger partial charge in [-0.1, -0.05) is 48.2 Å². The second kappa shape index (κ2) is 7.63. The van der Waals surface area contributed by atoms with E-state index in [2.05, 4.69) is 15.5 Å². The highest BCUT2D eigenvalue weighted by Gasteiger charge is 2.14. The smallest absolute Gasteiger partial charge is 0.230 e. The third-order valence-electron chi connectivity index (χ3n) is 3.55. The number of nitrogens with one attached hydrogen (secondary N) is 1. The van der Waals surface area contributed by atoms with Gasteiger partial charge < -0.3 is 9.88 Å². The number of rotatable bonds is 6. The molecule has 0 aliphatic heterocycles. The van der Waals surface area contributed by atoms with Crippen LogP contribution in [0.5, 0.6) is 0 Å². The molecule has 0 bridgehead atoms. The normalized spacial score (nSPS) is 12.1. The summed E-state index contributed by atoms with van der Waals surface area (Å²) in [5.74, 6) is 1.10. The van der Waals surface area contributed by atoms with Gasteiger partial charge in [0.05, 0.1) is 11.8 Å². The summed E-state index contributed by atoms with van der Waals surface area (Å²) in [4.78, 5) is 13.3. The molecule has 24 heavy (non-hydrogen) atoms. The zero-order valence-corrected chi connectivity index (χ0v) is 15.1. The summed E-state index contributed by atoms with van der Waals surface area (Å²) in [6.07, 6.45) is 0. The molecule has 1 amide bonds. The Morgan fingerprint density at radius 2 is 2.04 bits per heavy atom. The fraction of sp³-hybridized carbons (Fsp3) is 0.235. The minimum absolute atomic E-state index is 0.00911. The summed E-state index contributed by atoms with van der Waals surface area (Å²) in [5.41, 5.74) is 1.01. The van der Waals surface area contributed by atoms with E-state index >= 15 is 0 Å². The first-order valence-corrected chi connectivity index (χ1v) is 9.42. The molecule has 3 aromatic rings. The van der Waals surface area contributed by atoms with E-state index in [0.29, 0.717) is 5.75 Å². The first kappa shape index (κ1) is 16.7. The fourth-order valence-electron chi connectivity index (χ4n) is 2.30. The number of carbonyl (C=O) groups is 1. The van der Waals surface area contributed by atoms with Crippen LogP contribution in [0.1, 0.15) is 17.8 Å². The summed E-state index contributed by atoms with van der Waals surface area (Å²) < 4.78 is 1.91. The Morgan fingerprint density at radius 1 is 1.25 bits per heavy atom. The molecule has 1 unspecified atom stereocenters. The highest BCUT2D eigenvalue weighted by Crippen LogP contribution is 2.23. The molecule has 5 nitrogen and oxygen atoms in total. The molecule has 0 spiro atoms. The molecule has 0 saturated carbocycles. The van der Waals surface area contributed by atoms with Crippen molar-refractivity contribution in [3.8, 4) is 11.4 Å². The van der Waals surface area contributed by atoms with Gasteiger partial charge in [0.1, 0.15) is 0 Å². The summed E-state index contributed by atoms with van der Waals surface area (Å²) in [6, 6.07) is 13.9. The Balaban J connectivity index is 1.59. The van der Waals surface area contributed by atoms with Crippen LogP contribution in [-0.2, 0) is 11.8 Å². The zero-order chi connectivity index (χ0) is 16.9. The van der Waals surface area contributed by atoms with Crippen LogP contribution < -0.4 is 5.32 Å². The standard InChI is InChI=1S/C17H18N4OS2/c1-12(14-9-6-10-23-14)18-15(22)11-24-17-20-19-16(21(17)2)13-7-4-3-5-8-13/h3-10,12H,11H2,1-2H3,(H,18,22). The molecule has 0 aliphatic carbocycles. The Morgan fingerprint density at radius 3 is 2.75 bits per heavy atom. The van der Waals surface area contributed by atoms with Gasteiger partial charge in [0.25, 0.3) is 0 Å². The number of thiophene rings is 1. The van der Waals surface area contributed by atoms with Gasteiger partial charge in [-0.2, -0.15) is 0 Å². The number of nitrogens with zero attached hydrogens (tertiary/aromatic N) is 3. The first-order valence-electron chi connectivity index (χ1n) is 7.55. The average molecular weight is 358 g/mol. The zero-order valence-electron chi connectivity index (χ0n) is 13.5. The van der Waals surface area contributed by atoms with Gasteiger partial charge in [-0.15, -0.1) is 21.5 Å². The quantitative estimate of drug-likeness (QED) is 0.685. The van der Waals surface area contributed by atoms with E-state index in [-0.39, 0.29) is 11.9 Å². The molecule has 1 atom stereocenters. The van der Waals surface area contributed by atoms with Crippen molar-refractivity contribution < 1.29 is 4.79 Å². The van der Waals surface area contributed by atoms with Gasteiger partial charge in [0, 0.05) is 17.5 Å². The summed E-state index contributed by atoms with van der Waals surface area (Å²) >= 11 is 3.03. The maximum Gasteiger partial charge on any atom is 0.230 e. The second-order valence-electron chi connectivity index (χ2n) is 5.32. The number of hydrogen-bond acceptors (Lipinski definition) is 5. The van der Waals surface area contributed by atoms with Crippen molar-refractivity contribution in [3.63, 3.8) is 0 Å². The largest absolute Gasteiger partial charge is 0.348 e. The van der Waals surface area contributed by atoms with Gasteiger partial charge in [-0.3, -0.25) is 4.79 Å². The van der Waals surface area contributed by atoms with E-state index in [1.54, 1.807) is 11.3 Å². The molecule has 0 radical (unpaired) electrons. The maximum atomic E-state index is 12.1. The van der Waals surface area contributed by atoms with E-state index in [0.717, 1.165) is 21.4 Å². The molecule has 0 aliphatic rings. The van der Waals surface area contributed by atoms with Crippen molar-refractivity contribution in [1.82, 2.24) is 20.1 Å². The van der Waals surface area contributed by atoms with Gasteiger partial charge in [-0.25, -0.2) is 0 Å². The van der Waals surface area contributed by atoms with Gasteiger partial charge in [-0.05, 0) is 18.4 Å². The third kappa shape index (κ3) is 3.85. The predicted molar refractivity (Wildman–Crippen MR) is 98.0 cm³/mol. The van der Waals surface area contributed by atoms with Crippen molar-refractivity contribution >= 4 is 29.0 Å². The molecule has 7 heteroatoms. The lowest BCUT2D eigenvalue weighted by Gasteiger charge is -2.11. The van der Waals surface area contributed by atoms with Crippen molar-refractivity contribution in [2.75, 3.05) is 5.75 Å². The van der Waals surface area contributed by atoms with E-state index in [4.69, 9.17) is 0 Å². The Labute approximate surface area is 149 Å². The molecule has 124 valence electrons. The minimum Gasteiger partial charge on any atom is -0.348 e. The van der Waals surface area contributed by atoms with Crippen LogP contribution in [-0.4, -0.2) is 26.4 Å². The molecule has 3 rings (SSSR count). The lowest BCUT2D eigenvalue weighted by atomic mass is 10.2. The third-order valence-corrected chi connectivity index (χ3v) is 5.62. The summed E-state index contributed by atoms with van der Waals surface area (Å²) in [6.45, 7) is 1.99. The molecular formula is C17H18N4OS2. The highest BCUT2D eigenvalue weighted by molar-refractivity contribution is 7.99. The minimum atomic E-state index is -0.00911. The topological polar surface area (TPSA) is 59.8 Å². The van der Waals surface area contributed by atoms with Crippen molar-refractivity contribution in [3.05, 3.63) is 52.7 Å². The Kier molecular flexibility index (Phi) is 5.32. The van der Waals surface area contributed by atoms with E-state index in [1.807, 2.05) is 66.4 Å². The van der Waals surface area contributed by atoms with E-state index in [1.165, 1.54) is 11.8 Å². The number of amides is 1. The molecule has 1 N–H and O–H groups in total. The maximum absolute atomic E-state index is 12.1. The Bertz CT molecular complexity index is 799. The highest BCUT2D eigenvalue weighted by atomic mass is 32.2. The van der Waals surface area contributed by atoms with Crippen LogP contribution in [0.2, 0.25) is 0 Å². The van der Waals surface area contributed by atoms with Crippen LogP contribution >= 0.6 is 23.1 Å². The van der Waals surface area contributed by atoms with Gasteiger partial charge in [0.15, 0.2) is 11.0 Å². The molecular weight excluding hydrogens is 340 g/mol. The lowest BCUT2D eigenvalue weighted by molar-refractivity contribution is -0.119. The number of thioether (sulfide) groups is 1. The van der Waals surface area contributed by atoms with Crippen molar-refractivity contribution in [1.29, 1.82) is 0 Å². The SMILES string of the molecule is CC(NC(=O)CSc1nnc(-c2ccccc2)n1C)c1cccs1. The lowest BCUT2D eigenvalue weighted by Crippen LogP contribution is -2.27. The number of carbonyl (C=O) groups excluding carboxylic acids is 1. The van der Waals surface area contributed by atoms with Crippen molar-refractivity contribution in [2.24, 2.45) is 7.05 Å². The van der Waals surface area contributed by atoms with Crippen LogP contribution in [0.4, 0.5) is 0 Å². The van der Waals surface area contributed by atoms with Gasteiger partial charge >= 0.3 is 0 Å². The average Bonchev–Trinajstić information content (AvgIpc) is 3.24. The molecule has 0 fully saturated rings. The fourth-order valence-corrected chi connectivity index (χ4v) is 3.76. The summed E-state index contributed by atoms with van der Waals surface area (Å²) in [7, 11) is 1.91. The monoisotopic (exact) mass is 358 g/mol. The Hall–Kier alpha value is -2.12. The van der Waals surface area contributed by atoms with Crippen LogP contribution in [0.15, 0.2) is 53.0 Å². The molecule has 2 heterocycles. The van der Waals surface area contributed by atoms with E-state index in [9.17, 15) is 4.79 Å². The summed E-state index contributed by atoms with van der Waals surface area (Å²) in [5, 5.41) is 14.2. The van der Waals surface area contributed by atoms with Crippen LogP contribution in [0.3, 0.4) is 0 Å². The number of benzene rings is 1. The molecule has 0 saturated heterocycles. The molecule has 2 aromatic heterocycles. The van der Waals surface area contributed by atoms with Crippen LogP contribution in [0.25, 0.3) is 11.4 Å². The predicted octanol–water partition coefficient (Wildman–Crippen LogP) is 3.51. The van der Waals surface area contributed by atoms with Crippen molar-refractivity contribution in [2.45, 2.75) is 18.1 Å². The van der Waals surface area contributed by atoms with Gasteiger partial charge in [0.2, 0.25) is 5.91 Å². The number of aromatic nitrogens is 3. The second-order valence-corrected chi connectivity index (χ2v) is 7.25. The van der Waals surface area contributed by atoms with Crippen LogP contribution in [0, 0.1) is 0 Å². The van der Waals surface area contributed by atoms with E-state index < -0.39 is 0 Å². The first-order chi connectivity index (χ1) is 11.6. The molecule has 1 aromatic carbocycles. The number of hydrogen-bond donors (Lipinski definition) is 1.